The standard InChI is InChI=1S/C21H22F2N4O/c1-11-10-27(14-6-7-14)20-15(21(11)28)18(25)16(22)19(17(20)23)26-9-8-12-2-4-13(24)5-3-12/h2-5,10,14,26H,6-9,24-25H2,1H3. The summed E-state index contributed by atoms with van der Waals surface area (Å²) in [5.74, 6) is -1.70. The molecule has 28 heavy (non-hydrogen) atoms. The Bertz CT molecular complexity index is 1120. The van der Waals surface area contributed by atoms with E-state index in [0.717, 1.165) is 18.4 Å². The zero-order valence-corrected chi connectivity index (χ0v) is 15.6. The van der Waals surface area contributed by atoms with Gasteiger partial charge in [0.25, 0.3) is 0 Å². The molecule has 0 atom stereocenters. The van der Waals surface area contributed by atoms with Crippen LogP contribution in [0.4, 0.5) is 25.8 Å². The molecule has 5 N–H and O–H groups in total. The molecule has 0 saturated heterocycles. The number of nitrogen functional groups attached to an aromatic ring is 2. The maximum Gasteiger partial charge on any atom is 0.194 e. The molecule has 0 bridgehead atoms. The van der Waals surface area contributed by atoms with Crippen LogP contribution in [0, 0.1) is 18.6 Å². The molecule has 1 aliphatic carbocycles. The number of nitrogens with zero attached hydrogens (tertiary/aromatic N) is 1. The van der Waals surface area contributed by atoms with Crippen molar-refractivity contribution in [3.63, 3.8) is 0 Å². The van der Waals surface area contributed by atoms with E-state index < -0.39 is 17.1 Å². The summed E-state index contributed by atoms with van der Waals surface area (Å²) in [7, 11) is 0. The molecule has 2 aromatic carbocycles. The van der Waals surface area contributed by atoms with Gasteiger partial charge in [-0.25, -0.2) is 8.78 Å². The highest BCUT2D eigenvalue weighted by atomic mass is 19.1. The van der Waals surface area contributed by atoms with Crippen LogP contribution in [-0.2, 0) is 6.42 Å². The lowest BCUT2D eigenvalue weighted by Crippen LogP contribution is -2.18. The molecule has 5 nitrogen and oxygen atoms in total. The highest BCUT2D eigenvalue weighted by molar-refractivity contribution is 5.95. The first-order chi connectivity index (χ1) is 13.4. The Morgan fingerprint density at radius 1 is 1.14 bits per heavy atom. The number of hydrogen-bond donors (Lipinski definition) is 3. The Hall–Kier alpha value is -3.09. The fraction of sp³-hybridized carbons (Fsp3) is 0.286. The van der Waals surface area contributed by atoms with Gasteiger partial charge in [-0.1, -0.05) is 12.1 Å². The number of anilines is 3. The van der Waals surface area contributed by atoms with E-state index in [0.29, 0.717) is 24.2 Å². The van der Waals surface area contributed by atoms with Gasteiger partial charge in [0.2, 0.25) is 0 Å². The topological polar surface area (TPSA) is 86.1 Å². The summed E-state index contributed by atoms with van der Waals surface area (Å²) in [5.41, 5.74) is 12.7. The predicted molar refractivity (Wildman–Crippen MR) is 109 cm³/mol. The molecule has 146 valence electrons. The molecule has 0 aliphatic heterocycles. The highest BCUT2D eigenvalue weighted by Crippen LogP contribution is 2.40. The summed E-state index contributed by atoms with van der Waals surface area (Å²) >= 11 is 0. The van der Waals surface area contributed by atoms with Crippen molar-refractivity contribution in [3.05, 3.63) is 63.4 Å². The van der Waals surface area contributed by atoms with Gasteiger partial charge in [0, 0.05) is 30.0 Å². The zero-order chi connectivity index (χ0) is 20.0. The molecule has 1 fully saturated rings. The maximum atomic E-state index is 15.3. The molecule has 1 aliphatic rings. The summed E-state index contributed by atoms with van der Waals surface area (Å²) < 4.78 is 31.9. The van der Waals surface area contributed by atoms with Crippen LogP contribution in [0.25, 0.3) is 10.9 Å². The Morgan fingerprint density at radius 2 is 1.82 bits per heavy atom. The number of nitrogens with one attached hydrogen (secondary N) is 1. The third-order valence-corrected chi connectivity index (χ3v) is 5.20. The van der Waals surface area contributed by atoms with Crippen molar-refractivity contribution >= 4 is 28.0 Å². The minimum absolute atomic E-state index is 0.0759. The van der Waals surface area contributed by atoms with Crippen LogP contribution >= 0.6 is 0 Å². The number of rotatable bonds is 5. The van der Waals surface area contributed by atoms with E-state index in [1.807, 2.05) is 12.1 Å². The number of halogens is 2. The molecule has 0 spiro atoms. The summed E-state index contributed by atoms with van der Waals surface area (Å²) in [6, 6.07) is 7.41. The first kappa shape index (κ1) is 18.3. The molecule has 1 saturated carbocycles. The second kappa shape index (κ2) is 6.82. The molecule has 7 heteroatoms. The van der Waals surface area contributed by atoms with Crippen LogP contribution in [0.5, 0.6) is 0 Å². The minimum Gasteiger partial charge on any atom is -0.399 e. The lowest BCUT2D eigenvalue weighted by Gasteiger charge is -2.18. The van der Waals surface area contributed by atoms with Crippen molar-refractivity contribution in [2.45, 2.75) is 32.2 Å². The number of aryl methyl sites for hydroxylation is 1. The Kier molecular flexibility index (Phi) is 4.45. The van der Waals surface area contributed by atoms with E-state index in [1.165, 1.54) is 0 Å². The van der Waals surface area contributed by atoms with Gasteiger partial charge in [-0.2, -0.15) is 0 Å². The van der Waals surface area contributed by atoms with Crippen LogP contribution in [0.3, 0.4) is 0 Å². The van der Waals surface area contributed by atoms with Crippen LogP contribution in [0.1, 0.15) is 30.0 Å². The van der Waals surface area contributed by atoms with Crippen molar-refractivity contribution in [1.82, 2.24) is 4.57 Å². The van der Waals surface area contributed by atoms with Gasteiger partial charge in [-0.15, -0.1) is 0 Å². The fourth-order valence-electron chi connectivity index (χ4n) is 3.51. The average Bonchev–Trinajstić information content (AvgIpc) is 3.51. The first-order valence-electron chi connectivity index (χ1n) is 9.28. The van der Waals surface area contributed by atoms with Gasteiger partial charge >= 0.3 is 0 Å². The summed E-state index contributed by atoms with van der Waals surface area (Å²) in [6.45, 7) is 1.94. The monoisotopic (exact) mass is 384 g/mol. The van der Waals surface area contributed by atoms with Crippen LogP contribution in [0.15, 0.2) is 35.3 Å². The molecule has 0 amide bonds. The number of benzene rings is 2. The number of fused-ring (bicyclic) bond motifs is 1. The average molecular weight is 384 g/mol. The Labute approximate surface area is 161 Å². The van der Waals surface area contributed by atoms with Crippen molar-refractivity contribution in [3.8, 4) is 0 Å². The second-order valence-corrected chi connectivity index (χ2v) is 7.34. The van der Waals surface area contributed by atoms with Gasteiger partial charge in [-0.05, 0) is 43.9 Å². The van der Waals surface area contributed by atoms with E-state index in [9.17, 15) is 9.18 Å². The van der Waals surface area contributed by atoms with Crippen molar-refractivity contribution < 1.29 is 8.78 Å². The third-order valence-electron chi connectivity index (χ3n) is 5.20. The van der Waals surface area contributed by atoms with Gasteiger partial charge < -0.3 is 21.4 Å². The summed E-state index contributed by atoms with van der Waals surface area (Å²) in [4.78, 5) is 12.5. The molecule has 4 rings (SSSR count). The zero-order valence-electron chi connectivity index (χ0n) is 15.6. The van der Waals surface area contributed by atoms with Crippen molar-refractivity contribution in [1.29, 1.82) is 0 Å². The molecule has 3 aromatic rings. The highest BCUT2D eigenvalue weighted by Gasteiger charge is 2.29. The number of nitrogens with two attached hydrogens (primary N) is 2. The van der Waals surface area contributed by atoms with E-state index in [-0.39, 0.29) is 28.3 Å². The van der Waals surface area contributed by atoms with Crippen molar-refractivity contribution in [2.75, 3.05) is 23.3 Å². The maximum absolute atomic E-state index is 15.3. The van der Waals surface area contributed by atoms with E-state index in [1.54, 1.807) is 29.8 Å². The fourth-order valence-corrected chi connectivity index (χ4v) is 3.51. The van der Waals surface area contributed by atoms with Crippen LogP contribution < -0.4 is 22.2 Å². The van der Waals surface area contributed by atoms with E-state index >= 15 is 4.39 Å². The van der Waals surface area contributed by atoms with Gasteiger partial charge in [0.1, 0.15) is 5.69 Å². The quantitative estimate of drug-likeness (QED) is 0.585. The molecule has 0 unspecified atom stereocenters. The molecule has 1 heterocycles. The number of hydrogen-bond acceptors (Lipinski definition) is 4. The molecule has 0 radical (unpaired) electrons. The molecular weight excluding hydrogens is 362 g/mol. The lowest BCUT2D eigenvalue weighted by molar-refractivity contribution is 0.590. The third kappa shape index (κ3) is 3.06. The largest absolute Gasteiger partial charge is 0.399 e. The summed E-state index contributed by atoms with van der Waals surface area (Å²) in [5, 5.41) is 2.74. The molecular formula is C21H22F2N4O. The Morgan fingerprint density at radius 3 is 2.46 bits per heavy atom. The smallest absolute Gasteiger partial charge is 0.194 e. The second-order valence-electron chi connectivity index (χ2n) is 7.34. The normalized spacial score (nSPS) is 13.8. The predicted octanol–water partition coefficient (Wildman–Crippen LogP) is 3.74. The van der Waals surface area contributed by atoms with E-state index in [2.05, 4.69) is 5.32 Å². The minimum atomic E-state index is -0.924. The number of pyridine rings is 1. The van der Waals surface area contributed by atoms with Gasteiger partial charge in [0.05, 0.1) is 16.6 Å². The van der Waals surface area contributed by atoms with Crippen LogP contribution in [-0.4, -0.2) is 11.1 Å². The van der Waals surface area contributed by atoms with Gasteiger partial charge in [0.15, 0.2) is 17.1 Å². The van der Waals surface area contributed by atoms with Gasteiger partial charge in [-0.3, -0.25) is 4.79 Å². The van der Waals surface area contributed by atoms with Crippen LogP contribution in [0.2, 0.25) is 0 Å². The SMILES string of the molecule is Cc1cn(C2CC2)c2c(F)c(NCCc3ccc(N)cc3)c(F)c(N)c2c1=O. The van der Waals surface area contributed by atoms with Crippen molar-refractivity contribution in [2.24, 2.45) is 0 Å². The Balaban J connectivity index is 1.74. The first-order valence-corrected chi connectivity index (χ1v) is 9.28. The lowest BCUT2D eigenvalue weighted by atomic mass is 10.1. The summed E-state index contributed by atoms with van der Waals surface area (Å²) in [6.07, 6.45) is 3.99. The molecule has 1 aromatic heterocycles. The van der Waals surface area contributed by atoms with E-state index in [4.69, 9.17) is 11.5 Å². The number of aromatic nitrogens is 1.